The maximum absolute atomic E-state index is 14.1. The summed E-state index contributed by atoms with van der Waals surface area (Å²) in [6, 6.07) is 23.1. The molecule has 3 aromatic carbocycles. The second kappa shape index (κ2) is 7.29. The van der Waals surface area contributed by atoms with Crippen molar-refractivity contribution in [1.29, 1.82) is 0 Å². The number of thioether (sulfide) groups is 1. The molecular formula is C23H17FN4S. The summed E-state index contributed by atoms with van der Waals surface area (Å²) in [6.45, 7) is 0. The molecule has 0 saturated heterocycles. The molecule has 0 N–H and O–H groups in total. The lowest BCUT2D eigenvalue weighted by atomic mass is 10.0. The van der Waals surface area contributed by atoms with Crippen LogP contribution in [0.2, 0.25) is 0 Å². The van der Waals surface area contributed by atoms with E-state index in [9.17, 15) is 4.39 Å². The molecule has 0 aliphatic rings. The highest BCUT2D eigenvalue weighted by Gasteiger charge is 2.15. The van der Waals surface area contributed by atoms with E-state index < -0.39 is 0 Å². The van der Waals surface area contributed by atoms with Gasteiger partial charge in [0, 0.05) is 23.6 Å². The van der Waals surface area contributed by atoms with Crippen LogP contribution in [0.3, 0.4) is 0 Å². The zero-order chi connectivity index (χ0) is 19.8. The van der Waals surface area contributed by atoms with E-state index in [2.05, 4.69) is 34.5 Å². The molecule has 0 fully saturated rings. The van der Waals surface area contributed by atoms with Gasteiger partial charge in [-0.3, -0.25) is 4.98 Å². The number of fused-ring (bicyclic) bond motifs is 3. The van der Waals surface area contributed by atoms with Crippen molar-refractivity contribution in [2.75, 3.05) is 0 Å². The van der Waals surface area contributed by atoms with Crippen LogP contribution in [0, 0.1) is 5.82 Å². The van der Waals surface area contributed by atoms with Crippen LogP contribution in [0.15, 0.2) is 78.0 Å². The highest BCUT2D eigenvalue weighted by molar-refractivity contribution is 7.98. The molecule has 0 aliphatic heterocycles. The van der Waals surface area contributed by atoms with E-state index in [1.54, 1.807) is 30.0 Å². The van der Waals surface area contributed by atoms with Gasteiger partial charge < -0.3 is 4.57 Å². The van der Waals surface area contributed by atoms with E-state index in [4.69, 9.17) is 4.98 Å². The summed E-state index contributed by atoms with van der Waals surface area (Å²) in [6.07, 6.45) is 0. The lowest BCUT2D eigenvalue weighted by molar-refractivity contribution is 0.628. The van der Waals surface area contributed by atoms with Gasteiger partial charge in [-0.05, 0) is 23.6 Å². The minimum atomic E-state index is -0.304. The maximum Gasteiger partial charge on any atom is 0.191 e. The van der Waals surface area contributed by atoms with Gasteiger partial charge in [0.1, 0.15) is 5.82 Å². The molecule has 0 saturated carbocycles. The maximum atomic E-state index is 14.1. The van der Waals surface area contributed by atoms with Crippen LogP contribution >= 0.6 is 11.8 Å². The first-order chi connectivity index (χ1) is 14.2. The van der Waals surface area contributed by atoms with Gasteiger partial charge >= 0.3 is 0 Å². The molecule has 0 radical (unpaired) electrons. The van der Waals surface area contributed by atoms with Gasteiger partial charge in [-0.15, -0.1) is 10.2 Å². The van der Waals surface area contributed by atoms with Crippen molar-refractivity contribution in [2.24, 2.45) is 7.05 Å². The quantitative estimate of drug-likeness (QED) is 0.290. The Kier molecular flexibility index (Phi) is 4.48. The highest BCUT2D eigenvalue weighted by Crippen LogP contribution is 2.31. The SMILES string of the molecule is Cn1c(SCc2nc3ccccc3c3ccccc23)nnc1-c1ccccc1F. The van der Waals surface area contributed by atoms with Crippen LogP contribution in [-0.2, 0) is 12.8 Å². The third-order valence-corrected chi connectivity index (χ3v) is 6.01. The van der Waals surface area contributed by atoms with E-state index in [1.807, 2.05) is 35.9 Å². The van der Waals surface area contributed by atoms with Gasteiger partial charge in [-0.2, -0.15) is 0 Å². The molecular weight excluding hydrogens is 383 g/mol. The van der Waals surface area contributed by atoms with Crippen molar-refractivity contribution in [1.82, 2.24) is 19.7 Å². The fraction of sp³-hybridized carbons (Fsp3) is 0.0870. The Morgan fingerprint density at radius 1 is 0.828 bits per heavy atom. The van der Waals surface area contributed by atoms with Crippen LogP contribution < -0.4 is 0 Å². The van der Waals surface area contributed by atoms with Crippen LogP contribution in [-0.4, -0.2) is 19.7 Å². The van der Waals surface area contributed by atoms with Crippen molar-refractivity contribution in [3.05, 3.63) is 84.3 Å². The van der Waals surface area contributed by atoms with Crippen molar-refractivity contribution in [3.8, 4) is 11.4 Å². The van der Waals surface area contributed by atoms with E-state index in [1.165, 1.54) is 11.5 Å². The summed E-state index contributed by atoms with van der Waals surface area (Å²) < 4.78 is 16.0. The minimum Gasteiger partial charge on any atom is -0.305 e. The number of para-hydroxylation sites is 1. The van der Waals surface area contributed by atoms with Gasteiger partial charge in [0.15, 0.2) is 11.0 Å². The summed E-state index contributed by atoms with van der Waals surface area (Å²) in [7, 11) is 1.86. The Balaban J connectivity index is 1.51. The van der Waals surface area contributed by atoms with E-state index >= 15 is 0 Å². The molecule has 2 heterocycles. The van der Waals surface area contributed by atoms with Crippen LogP contribution in [0.4, 0.5) is 4.39 Å². The molecule has 0 amide bonds. The number of nitrogens with zero attached hydrogens (tertiary/aromatic N) is 4. The third kappa shape index (κ3) is 3.15. The Morgan fingerprint density at radius 3 is 2.34 bits per heavy atom. The predicted molar refractivity (Wildman–Crippen MR) is 115 cm³/mol. The average molecular weight is 400 g/mol. The van der Waals surface area contributed by atoms with E-state index in [0.29, 0.717) is 17.1 Å². The van der Waals surface area contributed by atoms with Gasteiger partial charge in [0.2, 0.25) is 0 Å². The Bertz CT molecular complexity index is 1350. The molecule has 0 aliphatic carbocycles. The van der Waals surface area contributed by atoms with Crippen LogP contribution in [0.1, 0.15) is 5.69 Å². The predicted octanol–water partition coefficient (Wildman–Crippen LogP) is 5.61. The third-order valence-electron chi connectivity index (χ3n) is 4.98. The largest absolute Gasteiger partial charge is 0.305 e. The molecule has 5 rings (SSSR count). The lowest BCUT2D eigenvalue weighted by Gasteiger charge is -2.09. The minimum absolute atomic E-state index is 0.304. The molecule has 0 spiro atoms. The normalized spacial score (nSPS) is 11.4. The zero-order valence-corrected chi connectivity index (χ0v) is 16.5. The molecule has 5 aromatic rings. The second-order valence-electron chi connectivity index (χ2n) is 6.75. The van der Waals surface area contributed by atoms with Gasteiger partial charge in [-0.25, -0.2) is 4.39 Å². The number of halogens is 1. The zero-order valence-electron chi connectivity index (χ0n) is 15.7. The second-order valence-corrected chi connectivity index (χ2v) is 7.70. The van der Waals surface area contributed by atoms with Gasteiger partial charge in [0.25, 0.3) is 0 Å². The summed E-state index contributed by atoms with van der Waals surface area (Å²) >= 11 is 1.55. The first kappa shape index (κ1) is 17.8. The van der Waals surface area contributed by atoms with Crippen molar-refractivity contribution in [2.45, 2.75) is 10.9 Å². The monoisotopic (exact) mass is 400 g/mol. The number of pyridine rings is 1. The van der Waals surface area contributed by atoms with Crippen molar-refractivity contribution in [3.63, 3.8) is 0 Å². The number of aromatic nitrogens is 4. The summed E-state index contributed by atoms with van der Waals surface area (Å²) in [5.74, 6) is 0.859. The van der Waals surface area contributed by atoms with Gasteiger partial charge in [0.05, 0.1) is 16.8 Å². The Morgan fingerprint density at radius 2 is 1.52 bits per heavy atom. The van der Waals surface area contributed by atoms with Crippen molar-refractivity contribution >= 4 is 33.4 Å². The molecule has 29 heavy (non-hydrogen) atoms. The molecule has 4 nitrogen and oxygen atoms in total. The standard InChI is InChI=1S/C23H17FN4S/c1-28-22(18-11-4-6-12-19(18)24)26-27-23(28)29-14-21-17-10-3-2-8-15(17)16-9-5-7-13-20(16)25-21/h2-13H,14H2,1H3. The summed E-state index contributed by atoms with van der Waals surface area (Å²) in [4.78, 5) is 4.89. The number of rotatable bonds is 4. The number of hydrogen-bond acceptors (Lipinski definition) is 4. The first-order valence-corrected chi connectivity index (χ1v) is 10.2. The number of hydrogen-bond donors (Lipinski definition) is 0. The van der Waals surface area contributed by atoms with Crippen LogP contribution in [0.5, 0.6) is 0 Å². The molecule has 2 aromatic heterocycles. The Labute approximate surface area is 171 Å². The molecule has 0 atom stereocenters. The fourth-order valence-corrected chi connectivity index (χ4v) is 4.40. The molecule has 0 unspecified atom stereocenters. The highest BCUT2D eigenvalue weighted by atomic mass is 32.2. The van der Waals surface area contributed by atoms with E-state index in [0.717, 1.165) is 27.1 Å². The number of benzene rings is 3. The lowest BCUT2D eigenvalue weighted by Crippen LogP contribution is -1.97. The fourth-order valence-electron chi connectivity index (χ4n) is 3.53. The average Bonchev–Trinajstić information content (AvgIpc) is 3.12. The van der Waals surface area contributed by atoms with Crippen LogP contribution in [0.25, 0.3) is 33.1 Å². The Hall–Kier alpha value is -3.25. The van der Waals surface area contributed by atoms with Crippen molar-refractivity contribution < 1.29 is 4.39 Å². The summed E-state index contributed by atoms with van der Waals surface area (Å²) in [5, 5.41) is 12.7. The van der Waals surface area contributed by atoms with E-state index in [-0.39, 0.29) is 5.82 Å². The topological polar surface area (TPSA) is 43.6 Å². The molecule has 142 valence electrons. The summed E-state index contributed by atoms with van der Waals surface area (Å²) in [5.41, 5.74) is 2.43. The smallest absolute Gasteiger partial charge is 0.191 e. The molecule has 0 bridgehead atoms. The molecule has 6 heteroatoms. The van der Waals surface area contributed by atoms with Gasteiger partial charge in [-0.1, -0.05) is 66.4 Å². The first-order valence-electron chi connectivity index (χ1n) is 9.26.